The van der Waals surface area contributed by atoms with Crippen molar-refractivity contribution in [3.05, 3.63) is 147 Å². The van der Waals surface area contributed by atoms with Crippen LogP contribution in [0, 0.1) is 29.3 Å². The van der Waals surface area contributed by atoms with E-state index in [1.165, 1.54) is 30.0 Å². The molecule has 5 N–H and O–H groups in total. The minimum Gasteiger partial charge on any atom is -0.480 e. The van der Waals surface area contributed by atoms with E-state index < -0.39 is 41.5 Å². The normalized spacial score (nSPS) is 18.5. The zero-order valence-electron chi connectivity index (χ0n) is 43.8. The van der Waals surface area contributed by atoms with Crippen LogP contribution >= 0.6 is 23.2 Å². The number of hydrogen-bond acceptors (Lipinski definition) is 7. The molecule has 4 saturated heterocycles. The van der Waals surface area contributed by atoms with E-state index in [2.05, 4.69) is 44.6 Å². The van der Waals surface area contributed by atoms with Gasteiger partial charge in [-0.25, -0.2) is 13.2 Å². The van der Waals surface area contributed by atoms with Gasteiger partial charge in [0.1, 0.15) is 12.1 Å². The van der Waals surface area contributed by atoms with Crippen molar-refractivity contribution in [3.8, 4) is 0 Å². The lowest BCUT2D eigenvalue weighted by atomic mass is 9.84. The van der Waals surface area contributed by atoms with Gasteiger partial charge in [-0.3, -0.25) is 33.8 Å². The van der Waals surface area contributed by atoms with E-state index in [4.69, 9.17) is 23.2 Å². The molecule has 0 saturated carbocycles. The molecule has 14 nitrogen and oxygen atoms in total. The molecule has 4 aliphatic rings. The minimum atomic E-state index is -1.56. The van der Waals surface area contributed by atoms with Crippen molar-refractivity contribution in [2.24, 2.45) is 11.8 Å². The molecule has 0 radical (unpaired) electrons. The number of carboxylic acid groups (broad SMARTS) is 2. The summed E-state index contributed by atoms with van der Waals surface area (Å²) in [7, 11) is 0. The number of likely N-dealkylation sites (tertiary alicyclic amines) is 4. The van der Waals surface area contributed by atoms with Gasteiger partial charge < -0.3 is 35.3 Å². The number of amides is 3. The third-order valence-corrected chi connectivity index (χ3v) is 17.0. The molecule has 6 aromatic rings. The summed E-state index contributed by atoms with van der Waals surface area (Å²) in [5, 5.41) is 26.4. The van der Waals surface area contributed by atoms with Crippen LogP contribution in [0.4, 0.5) is 18.9 Å². The van der Waals surface area contributed by atoms with E-state index in [0.717, 1.165) is 84.1 Å². The van der Waals surface area contributed by atoms with Crippen LogP contribution in [-0.2, 0) is 24.0 Å². The highest BCUT2D eigenvalue weighted by atomic mass is 35.5. The lowest BCUT2D eigenvalue weighted by Gasteiger charge is -2.41. The summed E-state index contributed by atoms with van der Waals surface area (Å²) >= 11 is 12.0. The maximum absolute atomic E-state index is 13.5. The van der Waals surface area contributed by atoms with Gasteiger partial charge in [-0.2, -0.15) is 0 Å². The molecule has 0 bridgehead atoms. The zero-order chi connectivity index (χ0) is 55.9. The van der Waals surface area contributed by atoms with Crippen LogP contribution < -0.4 is 5.32 Å². The Kier molecular flexibility index (Phi) is 18.3. The molecule has 10 rings (SSSR count). The van der Waals surface area contributed by atoms with E-state index in [0.29, 0.717) is 80.9 Å². The fraction of sp³-hybridized carbons (Fsp3) is 0.383. The summed E-state index contributed by atoms with van der Waals surface area (Å²) in [5.74, 6) is -5.81. The van der Waals surface area contributed by atoms with Crippen molar-refractivity contribution in [3.63, 3.8) is 0 Å². The molecule has 6 heterocycles. The fourth-order valence-corrected chi connectivity index (χ4v) is 12.5. The Bertz CT molecular complexity index is 3240. The van der Waals surface area contributed by atoms with Crippen molar-refractivity contribution in [2.75, 3.05) is 57.7 Å². The third kappa shape index (κ3) is 13.6. The number of nitrogens with zero attached hydrogens (tertiary/aromatic N) is 4. The Morgan fingerprint density at radius 2 is 1.06 bits per heavy atom. The van der Waals surface area contributed by atoms with Crippen LogP contribution in [0.1, 0.15) is 92.4 Å². The maximum atomic E-state index is 13.5. The second kappa shape index (κ2) is 25.5. The van der Waals surface area contributed by atoms with Gasteiger partial charge in [0.25, 0.3) is 0 Å². The van der Waals surface area contributed by atoms with Crippen LogP contribution in [0.25, 0.3) is 34.0 Å². The van der Waals surface area contributed by atoms with Gasteiger partial charge in [0, 0.05) is 85.1 Å². The molecule has 2 atom stereocenters. The van der Waals surface area contributed by atoms with Crippen molar-refractivity contribution in [1.29, 1.82) is 0 Å². The number of carbonyl (C=O) groups is 5. The number of aliphatic carboxylic acids is 2. The summed E-state index contributed by atoms with van der Waals surface area (Å²) in [5.41, 5.74) is 6.20. The number of aromatic nitrogens is 2. The molecular weight excluding hydrogens is 1060 g/mol. The van der Waals surface area contributed by atoms with Gasteiger partial charge in [0.15, 0.2) is 17.5 Å². The van der Waals surface area contributed by atoms with Gasteiger partial charge >= 0.3 is 11.9 Å². The zero-order valence-corrected chi connectivity index (χ0v) is 45.3. The minimum absolute atomic E-state index is 0.0322. The van der Waals surface area contributed by atoms with Crippen molar-refractivity contribution >= 4 is 92.5 Å². The quantitative estimate of drug-likeness (QED) is 0.0555. The number of rotatable bonds is 13. The molecule has 79 heavy (non-hydrogen) atoms. The SMILES string of the molecule is CC(=O)Nc1ccc2[nH]cc(C3CCN(C(C(=O)O)C4CCN(C(=O)/C=C/c5cc(F)c(F)c(F)c5)CC4)CC3)c2c1.O=C(O)C(C1CCN(C(=O)/C=C/c2ccc(Cl)c(Cl)c2)CC1)N1CCC(c2c[nH]c3ccccc23)CC1. The van der Waals surface area contributed by atoms with Crippen molar-refractivity contribution in [1.82, 2.24) is 29.6 Å². The maximum Gasteiger partial charge on any atom is 0.321 e. The topological polar surface area (TPSA) is 182 Å². The van der Waals surface area contributed by atoms with E-state index in [1.54, 1.807) is 34.1 Å². The van der Waals surface area contributed by atoms with E-state index in [1.807, 2.05) is 41.4 Å². The smallest absolute Gasteiger partial charge is 0.321 e. The van der Waals surface area contributed by atoms with Crippen molar-refractivity contribution in [2.45, 2.75) is 82.2 Å². The molecular formula is C60H64Cl2F3N7O7. The number of aromatic amines is 2. The first-order valence-electron chi connectivity index (χ1n) is 26.9. The molecule has 2 aromatic heterocycles. The third-order valence-electron chi connectivity index (χ3n) is 16.3. The Morgan fingerprint density at radius 3 is 1.56 bits per heavy atom. The van der Waals surface area contributed by atoms with Crippen LogP contribution in [0.15, 0.2) is 97.3 Å². The Labute approximate surface area is 466 Å². The first kappa shape index (κ1) is 56.8. The van der Waals surface area contributed by atoms with Gasteiger partial charge in [0.05, 0.1) is 10.0 Å². The standard InChI is InChI=1S/C31H33F3N4O4.C29H31Cl2N3O3/c1-18(39)36-22-3-4-27-23(16-22)24(17-35-27)20-6-12-38(13-7-20)30(31(41)42)21-8-10-37(11-9-21)28(40)5-2-19-14-25(32)29(34)26(33)15-19;30-24-7-5-19(17-25(24)31)6-8-27(35)33-13-11-21(12-14-33)28(29(36)37)34-15-9-20(10-16-34)23-18-32-26-4-2-1-3-22(23)26/h2-5,14-17,20-21,30,35H,6-13H2,1H3,(H,36,39)(H,41,42);1-8,17-18,20-21,28,32H,9-16H2,(H,36,37)/b5-2+;8-6+. The number of anilines is 1. The number of piperidine rings is 4. The molecule has 416 valence electrons. The number of H-pyrrole nitrogens is 2. The highest BCUT2D eigenvalue weighted by molar-refractivity contribution is 6.42. The Hall–Kier alpha value is -6.92. The number of nitrogens with one attached hydrogen (secondary N) is 3. The summed E-state index contributed by atoms with van der Waals surface area (Å²) in [6.07, 6.45) is 15.7. The second-order valence-corrected chi connectivity index (χ2v) is 21.9. The first-order valence-corrected chi connectivity index (χ1v) is 27.7. The number of halogens is 5. The van der Waals surface area contributed by atoms with Crippen LogP contribution in [0.3, 0.4) is 0 Å². The fourth-order valence-electron chi connectivity index (χ4n) is 12.2. The second-order valence-electron chi connectivity index (χ2n) is 21.1. The number of hydrogen-bond donors (Lipinski definition) is 5. The monoisotopic (exact) mass is 1120 g/mol. The lowest BCUT2D eigenvalue weighted by Crippen LogP contribution is -2.52. The molecule has 4 aliphatic heterocycles. The van der Waals surface area contributed by atoms with Gasteiger partial charge in [-0.1, -0.05) is 47.5 Å². The summed E-state index contributed by atoms with van der Waals surface area (Å²) in [4.78, 5) is 75.9. The summed E-state index contributed by atoms with van der Waals surface area (Å²) < 4.78 is 40.1. The number of carboxylic acids is 2. The molecule has 0 aliphatic carbocycles. The van der Waals surface area contributed by atoms with Crippen molar-refractivity contribution < 1.29 is 47.4 Å². The predicted molar refractivity (Wildman–Crippen MR) is 300 cm³/mol. The molecule has 0 spiro atoms. The van der Waals surface area contributed by atoms with E-state index >= 15 is 0 Å². The Balaban J connectivity index is 0.000000193. The number of fused-ring (bicyclic) bond motifs is 2. The average Bonchev–Trinajstić information content (AvgIpc) is 4.16. The number of carbonyl (C=O) groups excluding carboxylic acids is 3. The first-order chi connectivity index (χ1) is 38.0. The summed E-state index contributed by atoms with van der Waals surface area (Å²) in [6, 6.07) is 19.8. The lowest BCUT2D eigenvalue weighted by molar-refractivity contribution is -0.148. The molecule has 4 aromatic carbocycles. The van der Waals surface area contributed by atoms with Gasteiger partial charge in [-0.05, 0) is 184 Å². The molecule has 2 unspecified atom stereocenters. The largest absolute Gasteiger partial charge is 0.480 e. The highest BCUT2D eigenvalue weighted by Crippen LogP contribution is 2.38. The van der Waals surface area contributed by atoms with Gasteiger partial charge in [0.2, 0.25) is 17.7 Å². The van der Waals surface area contributed by atoms with E-state index in [-0.39, 0.29) is 41.0 Å². The average molecular weight is 1120 g/mol. The van der Waals surface area contributed by atoms with Crippen LogP contribution in [0.2, 0.25) is 10.0 Å². The van der Waals surface area contributed by atoms with Crippen LogP contribution in [0.5, 0.6) is 0 Å². The highest BCUT2D eigenvalue weighted by Gasteiger charge is 2.40. The summed E-state index contributed by atoms with van der Waals surface area (Å²) in [6.45, 7) is 6.13. The molecule has 4 fully saturated rings. The van der Waals surface area contributed by atoms with Crippen LogP contribution in [-0.4, -0.2) is 134 Å². The molecule has 19 heteroatoms. The molecule has 3 amide bonds. The van der Waals surface area contributed by atoms with E-state index in [9.17, 15) is 47.4 Å². The number of para-hydroxylation sites is 1. The number of benzene rings is 4. The van der Waals surface area contributed by atoms with Gasteiger partial charge in [-0.15, -0.1) is 0 Å². The Morgan fingerprint density at radius 1 is 0.582 bits per heavy atom. The predicted octanol–water partition coefficient (Wildman–Crippen LogP) is 11.2.